The SMILES string of the molecule is CCOC(=O)C1CC1CNCC1CCCCC1. The molecule has 3 heteroatoms. The molecule has 0 aliphatic heterocycles. The predicted octanol–water partition coefficient (Wildman–Crippen LogP) is 2.36. The normalized spacial score (nSPS) is 29.0. The lowest BCUT2D eigenvalue weighted by Crippen LogP contribution is -2.27. The number of hydrogen-bond acceptors (Lipinski definition) is 3. The van der Waals surface area contributed by atoms with E-state index < -0.39 is 0 Å². The first-order valence-corrected chi connectivity index (χ1v) is 7.18. The Balaban J connectivity index is 1.53. The lowest BCUT2D eigenvalue weighted by molar-refractivity contribution is -0.145. The van der Waals surface area contributed by atoms with Gasteiger partial charge in [-0.1, -0.05) is 19.3 Å². The molecule has 1 N–H and O–H groups in total. The van der Waals surface area contributed by atoms with Crippen molar-refractivity contribution in [3.05, 3.63) is 0 Å². The first kappa shape index (κ1) is 12.9. The largest absolute Gasteiger partial charge is 0.466 e. The second-order valence-electron chi connectivity index (χ2n) is 5.52. The van der Waals surface area contributed by atoms with Crippen molar-refractivity contribution in [1.82, 2.24) is 5.32 Å². The van der Waals surface area contributed by atoms with Crippen molar-refractivity contribution >= 4 is 5.97 Å². The quantitative estimate of drug-likeness (QED) is 0.723. The molecule has 0 bridgehead atoms. The van der Waals surface area contributed by atoms with Gasteiger partial charge >= 0.3 is 5.97 Å². The molecule has 0 amide bonds. The molecule has 98 valence electrons. The third kappa shape index (κ3) is 3.98. The minimum Gasteiger partial charge on any atom is -0.466 e. The molecule has 2 fully saturated rings. The third-order valence-electron chi connectivity index (χ3n) is 4.08. The highest BCUT2D eigenvalue weighted by Crippen LogP contribution is 2.38. The fourth-order valence-corrected chi connectivity index (χ4v) is 2.88. The second kappa shape index (κ2) is 6.39. The Hall–Kier alpha value is -0.570. The summed E-state index contributed by atoms with van der Waals surface area (Å²) in [6.07, 6.45) is 8.03. The van der Waals surface area contributed by atoms with Crippen LogP contribution in [-0.2, 0) is 9.53 Å². The summed E-state index contributed by atoms with van der Waals surface area (Å²) >= 11 is 0. The van der Waals surface area contributed by atoms with Crippen molar-refractivity contribution < 1.29 is 9.53 Å². The Bertz CT molecular complexity index is 249. The number of carbonyl (C=O) groups is 1. The first-order chi connectivity index (χ1) is 8.31. The number of nitrogens with one attached hydrogen (secondary N) is 1. The topological polar surface area (TPSA) is 38.3 Å². The average Bonchev–Trinajstić information content (AvgIpc) is 3.10. The number of carbonyl (C=O) groups excluding carboxylic acids is 1. The van der Waals surface area contributed by atoms with E-state index in [4.69, 9.17) is 4.74 Å². The van der Waals surface area contributed by atoms with Crippen LogP contribution in [-0.4, -0.2) is 25.7 Å². The molecule has 0 radical (unpaired) electrons. The van der Waals surface area contributed by atoms with E-state index >= 15 is 0 Å². The van der Waals surface area contributed by atoms with E-state index in [0.717, 1.165) is 25.4 Å². The summed E-state index contributed by atoms with van der Waals surface area (Å²) in [5, 5.41) is 3.54. The van der Waals surface area contributed by atoms with Crippen LogP contribution in [0.4, 0.5) is 0 Å². The highest BCUT2D eigenvalue weighted by Gasteiger charge is 2.43. The van der Waals surface area contributed by atoms with Crippen LogP contribution in [0.1, 0.15) is 45.4 Å². The Morgan fingerprint density at radius 1 is 1.24 bits per heavy atom. The molecule has 2 aliphatic carbocycles. The first-order valence-electron chi connectivity index (χ1n) is 7.18. The van der Waals surface area contributed by atoms with E-state index in [1.807, 2.05) is 6.92 Å². The minimum absolute atomic E-state index is 0.0111. The molecule has 17 heavy (non-hydrogen) atoms. The van der Waals surface area contributed by atoms with Crippen molar-refractivity contribution in [2.75, 3.05) is 19.7 Å². The van der Waals surface area contributed by atoms with E-state index in [0.29, 0.717) is 12.5 Å². The number of esters is 1. The third-order valence-corrected chi connectivity index (χ3v) is 4.08. The van der Waals surface area contributed by atoms with Gasteiger partial charge in [-0.25, -0.2) is 0 Å². The summed E-state index contributed by atoms with van der Waals surface area (Å²) in [6, 6.07) is 0. The smallest absolute Gasteiger partial charge is 0.309 e. The van der Waals surface area contributed by atoms with Gasteiger partial charge in [0, 0.05) is 0 Å². The lowest BCUT2D eigenvalue weighted by atomic mass is 9.89. The zero-order valence-corrected chi connectivity index (χ0v) is 10.9. The molecule has 0 heterocycles. The summed E-state index contributed by atoms with van der Waals surface area (Å²) in [7, 11) is 0. The van der Waals surface area contributed by atoms with Crippen LogP contribution in [0.25, 0.3) is 0 Å². The van der Waals surface area contributed by atoms with E-state index in [9.17, 15) is 4.79 Å². The van der Waals surface area contributed by atoms with Crippen LogP contribution in [0, 0.1) is 17.8 Å². The van der Waals surface area contributed by atoms with Crippen molar-refractivity contribution in [3.63, 3.8) is 0 Å². The van der Waals surface area contributed by atoms with E-state index in [-0.39, 0.29) is 11.9 Å². The summed E-state index contributed by atoms with van der Waals surface area (Å²) in [4.78, 5) is 11.4. The molecule has 0 aromatic carbocycles. The van der Waals surface area contributed by atoms with Gasteiger partial charge < -0.3 is 10.1 Å². The summed E-state index contributed by atoms with van der Waals surface area (Å²) in [5.74, 6) is 1.62. The second-order valence-corrected chi connectivity index (χ2v) is 5.52. The molecule has 0 saturated heterocycles. The fourth-order valence-electron chi connectivity index (χ4n) is 2.88. The molecule has 2 rings (SSSR count). The molecule has 3 nitrogen and oxygen atoms in total. The van der Waals surface area contributed by atoms with Crippen LogP contribution >= 0.6 is 0 Å². The molecular weight excluding hydrogens is 214 g/mol. The minimum atomic E-state index is 0.0111. The van der Waals surface area contributed by atoms with Gasteiger partial charge in [-0.05, 0) is 51.1 Å². The van der Waals surface area contributed by atoms with Gasteiger partial charge in [-0.3, -0.25) is 4.79 Å². The lowest BCUT2D eigenvalue weighted by Gasteiger charge is -2.21. The highest BCUT2D eigenvalue weighted by molar-refractivity contribution is 5.75. The van der Waals surface area contributed by atoms with Gasteiger partial charge in [0.15, 0.2) is 0 Å². The van der Waals surface area contributed by atoms with E-state index in [2.05, 4.69) is 5.32 Å². The standard InChI is InChI=1S/C14H25NO2/c1-2-17-14(16)13-8-12(13)10-15-9-11-6-4-3-5-7-11/h11-13,15H,2-10H2,1H3. The molecule has 0 aromatic heterocycles. The highest BCUT2D eigenvalue weighted by atomic mass is 16.5. The van der Waals surface area contributed by atoms with Crippen LogP contribution in [0.2, 0.25) is 0 Å². The van der Waals surface area contributed by atoms with E-state index in [1.165, 1.54) is 32.1 Å². The van der Waals surface area contributed by atoms with Crippen LogP contribution in [0.5, 0.6) is 0 Å². The van der Waals surface area contributed by atoms with Crippen molar-refractivity contribution in [1.29, 1.82) is 0 Å². The Kier molecular flexibility index (Phi) is 4.84. The van der Waals surface area contributed by atoms with Gasteiger partial charge in [-0.15, -0.1) is 0 Å². The average molecular weight is 239 g/mol. The maximum absolute atomic E-state index is 11.4. The monoisotopic (exact) mass is 239 g/mol. The molecular formula is C14H25NO2. The van der Waals surface area contributed by atoms with Crippen LogP contribution < -0.4 is 5.32 Å². The van der Waals surface area contributed by atoms with Crippen LogP contribution in [0.3, 0.4) is 0 Å². The van der Waals surface area contributed by atoms with Gasteiger partial charge in [0.25, 0.3) is 0 Å². The molecule has 2 saturated carbocycles. The van der Waals surface area contributed by atoms with Gasteiger partial charge in [0.2, 0.25) is 0 Å². The zero-order valence-electron chi connectivity index (χ0n) is 10.9. The summed E-state index contributed by atoms with van der Waals surface area (Å²) in [5.41, 5.74) is 0. The van der Waals surface area contributed by atoms with Crippen molar-refractivity contribution in [2.45, 2.75) is 45.4 Å². The van der Waals surface area contributed by atoms with Gasteiger partial charge in [0.05, 0.1) is 12.5 Å². The molecule has 2 unspecified atom stereocenters. The summed E-state index contributed by atoms with van der Waals surface area (Å²) < 4.78 is 5.03. The maximum Gasteiger partial charge on any atom is 0.309 e. The predicted molar refractivity (Wildman–Crippen MR) is 67.7 cm³/mol. The maximum atomic E-state index is 11.4. The van der Waals surface area contributed by atoms with E-state index in [1.54, 1.807) is 0 Å². The molecule has 0 aromatic rings. The fraction of sp³-hybridized carbons (Fsp3) is 0.929. The Morgan fingerprint density at radius 2 is 2.00 bits per heavy atom. The zero-order chi connectivity index (χ0) is 12.1. The molecule has 2 atom stereocenters. The summed E-state index contributed by atoms with van der Waals surface area (Å²) in [6.45, 7) is 4.53. The number of hydrogen-bond donors (Lipinski definition) is 1. The Labute approximate surface area is 104 Å². The van der Waals surface area contributed by atoms with Crippen LogP contribution in [0.15, 0.2) is 0 Å². The number of rotatable bonds is 6. The number of ether oxygens (including phenoxy) is 1. The molecule has 0 spiro atoms. The van der Waals surface area contributed by atoms with Crippen molar-refractivity contribution in [3.8, 4) is 0 Å². The van der Waals surface area contributed by atoms with Gasteiger partial charge in [0.1, 0.15) is 0 Å². The Morgan fingerprint density at radius 3 is 2.71 bits per heavy atom. The van der Waals surface area contributed by atoms with Crippen molar-refractivity contribution in [2.24, 2.45) is 17.8 Å². The van der Waals surface area contributed by atoms with Gasteiger partial charge in [-0.2, -0.15) is 0 Å². The molecule has 2 aliphatic rings.